The van der Waals surface area contributed by atoms with Crippen LogP contribution in [0.1, 0.15) is 6.92 Å². The van der Waals surface area contributed by atoms with Crippen LogP contribution in [0.25, 0.3) is 10.7 Å². The van der Waals surface area contributed by atoms with Crippen LogP contribution in [-0.2, 0) is 11.3 Å². The highest BCUT2D eigenvalue weighted by Crippen LogP contribution is 2.27. The number of carbonyl (C=O) groups excluding carboxylic acids is 2. The molecule has 1 fully saturated rings. The third-order valence-corrected chi connectivity index (χ3v) is 5.07. The second-order valence-electron chi connectivity index (χ2n) is 4.58. The summed E-state index contributed by atoms with van der Waals surface area (Å²) in [6, 6.07) is 3.68. The summed E-state index contributed by atoms with van der Waals surface area (Å²) in [4.78, 5) is 25.3. The summed E-state index contributed by atoms with van der Waals surface area (Å²) in [5.74, 6) is 1.28. The molecule has 3 heterocycles. The lowest BCUT2D eigenvalue weighted by Gasteiger charge is -2.11. The Morgan fingerprint density at radius 2 is 2.27 bits per heavy atom. The average Bonchev–Trinajstić information content (AvgIpc) is 3.22. The first-order valence-corrected chi connectivity index (χ1v) is 8.75. The number of hydrogen-bond donors (Lipinski definition) is 1. The second-order valence-corrected chi connectivity index (χ2v) is 6.59. The quantitative estimate of drug-likeness (QED) is 0.641. The Bertz CT molecular complexity index is 667. The highest BCUT2D eigenvalue weighted by atomic mass is 32.2. The Kier molecular flexibility index (Phi) is 4.44. The van der Waals surface area contributed by atoms with E-state index in [0.717, 1.165) is 22.4 Å². The summed E-state index contributed by atoms with van der Waals surface area (Å²) < 4.78 is 2.04. The minimum Gasteiger partial charge on any atom is -0.329 e. The molecule has 1 aliphatic rings. The molecule has 9 heteroatoms. The lowest BCUT2D eigenvalue weighted by atomic mass is 10.4. The van der Waals surface area contributed by atoms with Crippen LogP contribution in [-0.4, -0.2) is 50.4 Å². The van der Waals surface area contributed by atoms with Crippen LogP contribution in [0, 0.1) is 0 Å². The van der Waals surface area contributed by atoms with E-state index in [1.165, 1.54) is 16.7 Å². The van der Waals surface area contributed by atoms with E-state index in [4.69, 9.17) is 0 Å². The second kappa shape index (κ2) is 6.49. The van der Waals surface area contributed by atoms with Gasteiger partial charge in [0.05, 0.1) is 11.4 Å². The zero-order chi connectivity index (χ0) is 15.5. The molecule has 1 aliphatic heterocycles. The van der Waals surface area contributed by atoms with Gasteiger partial charge < -0.3 is 9.88 Å². The van der Waals surface area contributed by atoms with Crippen molar-refractivity contribution in [1.29, 1.82) is 0 Å². The van der Waals surface area contributed by atoms with E-state index in [0.29, 0.717) is 12.3 Å². The number of hydrogen-bond acceptors (Lipinski definition) is 6. The number of amides is 3. The summed E-state index contributed by atoms with van der Waals surface area (Å²) in [7, 11) is 0. The van der Waals surface area contributed by atoms with Crippen LogP contribution in [0.3, 0.4) is 0 Å². The maximum Gasteiger partial charge on any atom is 0.324 e. The van der Waals surface area contributed by atoms with Gasteiger partial charge in [0.25, 0.3) is 0 Å². The number of imide groups is 1. The molecular formula is C13H15N5O2S2. The fourth-order valence-electron chi connectivity index (χ4n) is 2.18. The standard InChI is InChI=1S/C13H15N5O2S2/c1-2-17-11(9-4-3-6-21-9)15-16-13(17)22-7-5-18-10(19)8-14-12(18)20/h3-4,6H,2,5,7-8H2,1H3,(H,14,20). The molecule has 116 valence electrons. The van der Waals surface area contributed by atoms with E-state index in [9.17, 15) is 9.59 Å². The maximum absolute atomic E-state index is 11.5. The van der Waals surface area contributed by atoms with Gasteiger partial charge in [-0.3, -0.25) is 9.69 Å². The number of carbonyl (C=O) groups is 2. The number of nitrogens with one attached hydrogen (secondary N) is 1. The number of urea groups is 1. The highest BCUT2D eigenvalue weighted by Gasteiger charge is 2.28. The molecule has 0 bridgehead atoms. The van der Waals surface area contributed by atoms with E-state index in [1.54, 1.807) is 11.3 Å². The van der Waals surface area contributed by atoms with Gasteiger partial charge in [0.2, 0.25) is 5.91 Å². The summed E-state index contributed by atoms with van der Waals surface area (Å²) >= 11 is 3.13. The van der Waals surface area contributed by atoms with E-state index in [1.807, 2.05) is 29.0 Å². The minimum absolute atomic E-state index is 0.0944. The Morgan fingerprint density at radius 3 is 2.91 bits per heavy atom. The van der Waals surface area contributed by atoms with Crippen LogP contribution in [0.15, 0.2) is 22.7 Å². The van der Waals surface area contributed by atoms with E-state index >= 15 is 0 Å². The number of aromatic nitrogens is 3. The maximum atomic E-state index is 11.5. The summed E-state index contributed by atoms with van der Waals surface area (Å²) in [6.07, 6.45) is 0. The van der Waals surface area contributed by atoms with Crippen LogP contribution in [0.4, 0.5) is 4.79 Å². The van der Waals surface area contributed by atoms with Crippen LogP contribution < -0.4 is 5.32 Å². The first-order chi connectivity index (χ1) is 10.7. The summed E-state index contributed by atoms with van der Waals surface area (Å²) in [5.41, 5.74) is 0. The lowest BCUT2D eigenvalue weighted by Crippen LogP contribution is -2.32. The SMILES string of the molecule is CCn1c(SCCN2C(=O)CNC2=O)nnc1-c1cccs1. The third kappa shape index (κ3) is 2.86. The van der Waals surface area contributed by atoms with E-state index < -0.39 is 0 Å². The van der Waals surface area contributed by atoms with Gasteiger partial charge in [0.1, 0.15) is 0 Å². The first kappa shape index (κ1) is 15.0. The average molecular weight is 337 g/mol. The number of thiophene rings is 1. The molecule has 3 amide bonds. The van der Waals surface area contributed by atoms with Crippen molar-refractivity contribution >= 4 is 35.0 Å². The molecule has 0 aliphatic carbocycles. The molecule has 2 aromatic rings. The van der Waals surface area contributed by atoms with Crippen LogP contribution in [0.2, 0.25) is 0 Å². The molecule has 7 nitrogen and oxygen atoms in total. The molecule has 0 spiro atoms. The van der Waals surface area contributed by atoms with Gasteiger partial charge in [-0.25, -0.2) is 4.79 Å². The van der Waals surface area contributed by atoms with Gasteiger partial charge in [-0.2, -0.15) is 0 Å². The Labute approximate surface area is 135 Å². The molecule has 0 unspecified atom stereocenters. The van der Waals surface area contributed by atoms with Crippen molar-refractivity contribution in [2.24, 2.45) is 0 Å². The topological polar surface area (TPSA) is 80.1 Å². The number of thioether (sulfide) groups is 1. The van der Waals surface area contributed by atoms with Crippen molar-refractivity contribution in [2.75, 3.05) is 18.8 Å². The zero-order valence-corrected chi connectivity index (χ0v) is 13.6. The van der Waals surface area contributed by atoms with Crippen molar-refractivity contribution in [3.05, 3.63) is 17.5 Å². The molecular weight excluding hydrogens is 322 g/mol. The third-order valence-electron chi connectivity index (χ3n) is 3.26. The fourth-order valence-corrected chi connectivity index (χ4v) is 3.82. The highest BCUT2D eigenvalue weighted by molar-refractivity contribution is 7.99. The zero-order valence-electron chi connectivity index (χ0n) is 12.0. The molecule has 3 rings (SSSR count). The normalized spacial score (nSPS) is 14.7. The molecule has 2 aromatic heterocycles. The molecule has 0 aromatic carbocycles. The smallest absolute Gasteiger partial charge is 0.324 e. The molecule has 0 atom stereocenters. The fraction of sp³-hybridized carbons (Fsp3) is 0.385. The van der Waals surface area contributed by atoms with Gasteiger partial charge in [0, 0.05) is 18.8 Å². The summed E-state index contributed by atoms with van der Waals surface area (Å²) in [6.45, 7) is 3.28. The van der Waals surface area contributed by atoms with Gasteiger partial charge in [-0.05, 0) is 18.4 Å². The molecule has 22 heavy (non-hydrogen) atoms. The number of nitrogens with zero attached hydrogens (tertiary/aromatic N) is 4. The number of rotatable bonds is 6. The Balaban J connectivity index is 1.66. The van der Waals surface area contributed by atoms with Gasteiger partial charge >= 0.3 is 6.03 Å². The van der Waals surface area contributed by atoms with E-state index in [2.05, 4.69) is 15.5 Å². The van der Waals surface area contributed by atoms with Crippen molar-refractivity contribution in [3.63, 3.8) is 0 Å². The van der Waals surface area contributed by atoms with Gasteiger partial charge in [-0.1, -0.05) is 17.8 Å². The Morgan fingerprint density at radius 1 is 1.41 bits per heavy atom. The lowest BCUT2D eigenvalue weighted by molar-refractivity contribution is -0.124. The first-order valence-electron chi connectivity index (χ1n) is 6.88. The monoisotopic (exact) mass is 337 g/mol. The minimum atomic E-state index is -0.318. The van der Waals surface area contributed by atoms with E-state index in [-0.39, 0.29) is 18.5 Å². The van der Waals surface area contributed by atoms with Crippen molar-refractivity contribution < 1.29 is 9.59 Å². The Hall–Kier alpha value is -1.87. The van der Waals surface area contributed by atoms with Gasteiger partial charge in [-0.15, -0.1) is 21.5 Å². The van der Waals surface area contributed by atoms with Crippen molar-refractivity contribution in [3.8, 4) is 10.7 Å². The molecule has 1 saturated heterocycles. The summed E-state index contributed by atoms with van der Waals surface area (Å²) in [5, 5.41) is 13.8. The van der Waals surface area contributed by atoms with Crippen LogP contribution >= 0.6 is 23.1 Å². The largest absolute Gasteiger partial charge is 0.329 e. The van der Waals surface area contributed by atoms with Crippen molar-refractivity contribution in [2.45, 2.75) is 18.6 Å². The van der Waals surface area contributed by atoms with Crippen molar-refractivity contribution in [1.82, 2.24) is 25.0 Å². The van der Waals surface area contributed by atoms with Crippen LogP contribution in [0.5, 0.6) is 0 Å². The molecule has 0 radical (unpaired) electrons. The molecule has 0 saturated carbocycles. The molecule has 1 N–H and O–H groups in total. The van der Waals surface area contributed by atoms with Gasteiger partial charge in [0.15, 0.2) is 11.0 Å². The predicted molar refractivity (Wildman–Crippen MR) is 84.8 cm³/mol. The predicted octanol–water partition coefficient (Wildman–Crippen LogP) is 1.67.